The number of carbonyl (C=O) groups excluding carboxylic acids is 1. The maximum Gasteiger partial charge on any atom is 0.416 e. The Kier molecular flexibility index (Phi) is 4.61. The fraction of sp³-hybridized carbons (Fsp3) is 0.188. The third kappa shape index (κ3) is 4.19. The van der Waals surface area contributed by atoms with Gasteiger partial charge < -0.3 is 0 Å². The summed E-state index contributed by atoms with van der Waals surface area (Å²) in [6, 6.07) is 9.48. The van der Waals surface area contributed by atoms with Gasteiger partial charge in [-0.1, -0.05) is 29.8 Å². The molecule has 0 radical (unpaired) electrons. The van der Waals surface area contributed by atoms with Gasteiger partial charge >= 0.3 is 6.18 Å². The average Bonchev–Trinajstić information content (AvgIpc) is 2.46. The molecule has 0 heterocycles. The van der Waals surface area contributed by atoms with Crippen LogP contribution in [-0.4, -0.2) is 20.0 Å². The van der Waals surface area contributed by atoms with E-state index in [2.05, 4.69) is 0 Å². The molecule has 0 aliphatic rings. The first kappa shape index (κ1) is 17.2. The third-order valence-electron chi connectivity index (χ3n) is 3.24. The van der Waals surface area contributed by atoms with Crippen molar-refractivity contribution in [1.29, 1.82) is 0 Å². The van der Waals surface area contributed by atoms with Crippen molar-refractivity contribution in [3.63, 3.8) is 0 Å². The van der Waals surface area contributed by atoms with E-state index in [-0.39, 0.29) is 10.5 Å². The van der Waals surface area contributed by atoms with Gasteiger partial charge in [0, 0.05) is 5.56 Å². The average molecular weight is 342 g/mol. The van der Waals surface area contributed by atoms with Gasteiger partial charge in [-0.05, 0) is 31.2 Å². The van der Waals surface area contributed by atoms with Crippen LogP contribution in [0.4, 0.5) is 13.2 Å². The van der Waals surface area contributed by atoms with Gasteiger partial charge in [-0.3, -0.25) is 4.79 Å². The number of halogens is 3. The van der Waals surface area contributed by atoms with Crippen molar-refractivity contribution in [1.82, 2.24) is 0 Å². The molecule has 0 aliphatic heterocycles. The molecule has 0 fully saturated rings. The van der Waals surface area contributed by atoms with Crippen LogP contribution in [0.5, 0.6) is 0 Å². The molecule has 0 N–H and O–H groups in total. The number of hydrogen-bond donors (Lipinski definition) is 0. The van der Waals surface area contributed by atoms with Crippen LogP contribution in [0.1, 0.15) is 21.5 Å². The fourth-order valence-corrected chi connectivity index (χ4v) is 3.16. The van der Waals surface area contributed by atoms with Gasteiger partial charge in [-0.15, -0.1) is 0 Å². The topological polar surface area (TPSA) is 51.2 Å². The summed E-state index contributed by atoms with van der Waals surface area (Å²) in [4.78, 5) is 12.0. The molecule has 2 aromatic rings. The van der Waals surface area contributed by atoms with E-state index < -0.39 is 33.1 Å². The predicted molar refractivity (Wildman–Crippen MR) is 79.0 cm³/mol. The van der Waals surface area contributed by atoms with Gasteiger partial charge in [-0.25, -0.2) is 8.42 Å². The lowest BCUT2D eigenvalue weighted by molar-refractivity contribution is -0.137. The van der Waals surface area contributed by atoms with E-state index in [9.17, 15) is 26.4 Å². The number of aryl methyl sites for hydroxylation is 1. The van der Waals surface area contributed by atoms with Crippen molar-refractivity contribution >= 4 is 15.6 Å². The second-order valence-corrected chi connectivity index (χ2v) is 7.06. The molecule has 7 heteroatoms. The molecule has 0 atom stereocenters. The monoisotopic (exact) mass is 342 g/mol. The lowest BCUT2D eigenvalue weighted by Crippen LogP contribution is -2.16. The Hall–Kier alpha value is -2.15. The fourth-order valence-electron chi connectivity index (χ4n) is 1.93. The van der Waals surface area contributed by atoms with Crippen molar-refractivity contribution in [2.75, 3.05) is 5.75 Å². The van der Waals surface area contributed by atoms with E-state index in [1.165, 1.54) is 12.1 Å². The highest BCUT2D eigenvalue weighted by Crippen LogP contribution is 2.29. The van der Waals surface area contributed by atoms with Crippen LogP contribution in [0.25, 0.3) is 0 Å². The van der Waals surface area contributed by atoms with Gasteiger partial charge in [0.05, 0.1) is 10.5 Å². The van der Waals surface area contributed by atoms with Crippen LogP contribution in [-0.2, 0) is 16.0 Å². The first-order valence-electron chi connectivity index (χ1n) is 6.59. The number of rotatable bonds is 4. The van der Waals surface area contributed by atoms with Crippen LogP contribution < -0.4 is 0 Å². The van der Waals surface area contributed by atoms with E-state index in [1.54, 1.807) is 19.1 Å². The Balaban J connectivity index is 2.19. The number of benzene rings is 2. The second kappa shape index (κ2) is 6.16. The molecule has 0 aliphatic carbocycles. The molecule has 0 saturated carbocycles. The van der Waals surface area contributed by atoms with Crippen LogP contribution in [0, 0.1) is 6.92 Å². The number of ketones is 1. The van der Waals surface area contributed by atoms with Gasteiger partial charge in [0.15, 0.2) is 15.6 Å². The second-order valence-electron chi connectivity index (χ2n) is 5.07. The molecule has 0 bridgehead atoms. The molecule has 0 amide bonds. The van der Waals surface area contributed by atoms with Crippen LogP contribution >= 0.6 is 0 Å². The summed E-state index contributed by atoms with van der Waals surface area (Å²) < 4.78 is 61.7. The van der Waals surface area contributed by atoms with Gasteiger partial charge in [-0.2, -0.15) is 13.2 Å². The van der Waals surface area contributed by atoms with E-state index in [0.29, 0.717) is 0 Å². The molecular weight excluding hydrogens is 329 g/mol. The molecule has 3 nitrogen and oxygen atoms in total. The van der Waals surface area contributed by atoms with Crippen LogP contribution in [0.3, 0.4) is 0 Å². The first-order valence-corrected chi connectivity index (χ1v) is 8.25. The normalized spacial score (nSPS) is 12.2. The highest BCUT2D eigenvalue weighted by atomic mass is 32.2. The zero-order chi connectivity index (χ0) is 17.3. The maximum atomic E-state index is 12.5. The van der Waals surface area contributed by atoms with Gasteiger partial charge in [0.1, 0.15) is 5.75 Å². The Morgan fingerprint density at radius 3 is 1.96 bits per heavy atom. The Labute approximate surface area is 131 Å². The summed E-state index contributed by atoms with van der Waals surface area (Å²) >= 11 is 0. The molecular formula is C16H13F3O3S. The zero-order valence-corrected chi connectivity index (χ0v) is 12.9. The minimum atomic E-state index is -4.50. The van der Waals surface area contributed by atoms with Crippen molar-refractivity contribution in [2.24, 2.45) is 0 Å². The zero-order valence-electron chi connectivity index (χ0n) is 12.1. The standard InChI is InChI=1S/C16H13F3O3S/c1-11-2-8-14(9-3-11)23(21,22)10-15(20)12-4-6-13(7-5-12)16(17,18)19/h2-9H,10H2,1H3. The quantitative estimate of drug-likeness (QED) is 0.797. The molecule has 122 valence electrons. The minimum absolute atomic E-state index is 0.00311. The van der Waals surface area contributed by atoms with Crippen molar-refractivity contribution < 1.29 is 26.4 Å². The number of alkyl halides is 3. The summed E-state index contributed by atoms with van der Waals surface area (Å²) in [6.07, 6.45) is -4.50. The minimum Gasteiger partial charge on any atom is -0.293 e. The molecule has 0 unspecified atom stereocenters. The SMILES string of the molecule is Cc1ccc(S(=O)(=O)CC(=O)c2ccc(C(F)(F)F)cc2)cc1. The smallest absolute Gasteiger partial charge is 0.293 e. The number of hydrogen-bond acceptors (Lipinski definition) is 3. The van der Waals surface area contributed by atoms with Crippen molar-refractivity contribution in [3.05, 3.63) is 65.2 Å². The summed E-state index contributed by atoms with van der Waals surface area (Å²) in [5.41, 5.74) is -0.0952. The first-order chi connectivity index (χ1) is 10.6. The Bertz CT molecular complexity index is 805. The van der Waals surface area contributed by atoms with E-state index in [1.807, 2.05) is 0 Å². The largest absolute Gasteiger partial charge is 0.416 e. The maximum absolute atomic E-state index is 12.5. The molecule has 0 aromatic heterocycles. The summed E-state index contributed by atoms with van der Waals surface area (Å²) in [5, 5.41) is 0. The summed E-state index contributed by atoms with van der Waals surface area (Å²) in [6.45, 7) is 1.80. The van der Waals surface area contributed by atoms with Crippen molar-refractivity contribution in [2.45, 2.75) is 18.0 Å². The highest BCUT2D eigenvalue weighted by Gasteiger charge is 2.30. The predicted octanol–water partition coefficient (Wildman–Crippen LogP) is 3.67. The number of Topliss-reactive ketones (excluding diaryl/α,β-unsaturated/α-hetero) is 1. The lowest BCUT2D eigenvalue weighted by Gasteiger charge is -2.08. The van der Waals surface area contributed by atoms with Crippen LogP contribution in [0.2, 0.25) is 0 Å². The Morgan fingerprint density at radius 1 is 0.957 bits per heavy atom. The van der Waals surface area contributed by atoms with Gasteiger partial charge in [0.2, 0.25) is 0 Å². The van der Waals surface area contributed by atoms with Crippen molar-refractivity contribution in [3.8, 4) is 0 Å². The molecule has 0 saturated heterocycles. The van der Waals surface area contributed by atoms with Crippen LogP contribution in [0.15, 0.2) is 53.4 Å². The molecule has 2 aromatic carbocycles. The molecule has 2 rings (SSSR count). The molecule has 23 heavy (non-hydrogen) atoms. The summed E-state index contributed by atoms with van der Waals surface area (Å²) in [5.74, 6) is -1.54. The van der Waals surface area contributed by atoms with E-state index in [4.69, 9.17) is 0 Å². The molecule has 0 spiro atoms. The lowest BCUT2D eigenvalue weighted by atomic mass is 10.1. The highest BCUT2D eigenvalue weighted by molar-refractivity contribution is 7.92. The van der Waals surface area contributed by atoms with E-state index >= 15 is 0 Å². The Morgan fingerprint density at radius 2 is 1.48 bits per heavy atom. The summed E-state index contributed by atoms with van der Waals surface area (Å²) in [7, 11) is -3.83. The van der Waals surface area contributed by atoms with Gasteiger partial charge in [0.25, 0.3) is 0 Å². The third-order valence-corrected chi connectivity index (χ3v) is 4.87. The van der Waals surface area contributed by atoms with E-state index in [0.717, 1.165) is 29.8 Å². The number of sulfone groups is 1. The number of carbonyl (C=O) groups is 1.